The summed E-state index contributed by atoms with van der Waals surface area (Å²) in [5.41, 5.74) is 0.696. The second-order valence-corrected chi connectivity index (χ2v) is 10.1. The Kier molecular flexibility index (Phi) is 6.41. The summed E-state index contributed by atoms with van der Waals surface area (Å²) in [5, 5.41) is 15.0. The topological polar surface area (TPSA) is 95.9 Å². The van der Waals surface area contributed by atoms with E-state index in [4.69, 9.17) is 0 Å². The van der Waals surface area contributed by atoms with Crippen LogP contribution in [0.25, 0.3) is 10.7 Å². The minimum atomic E-state index is -2.82. The van der Waals surface area contributed by atoms with Gasteiger partial charge in [-0.1, -0.05) is 6.42 Å². The van der Waals surface area contributed by atoms with Crippen LogP contribution < -0.4 is 10.6 Å². The number of carbonyl (C=O) groups is 1. The van der Waals surface area contributed by atoms with E-state index in [2.05, 4.69) is 30.8 Å². The zero-order valence-corrected chi connectivity index (χ0v) is 19.6. The average molecular weight is 504 g/mol. The molecular weight excluding hydrogens is 479 g/mol. The van der Waals surface area contributed by atoms with Crippen LogP contribution in [0.15, 0.2) is 36.7 Å². The highest BCUT2D eigenvalue weighted by molar-refractivity contribution is 7.15. The molecule has 1 saturated heterocycles. The maximum Gasteiger partial charge on any atom is 0.263 e. The first-order valence-electron chi connectivity index (χ1n) is 11.3. The molecule has 0 radical (unpaired) electrons. The van der Waals surface area contributed by atoms with Gasteiger partial charge in [0.2, 0.25) is 6.41 Å². The zero-order valence-electron chi connectivity index (χ0n) is 18.8. The predicted octanol–water partition coefficient (Wildman–Crippen LogP) is 3.58. The van der Waals surface area contributed by atoms with Crippen LogP contribution in [0.1, 0.15) is 36.3 Å². The van der Waals surface area contributed by atoms with Crippen LogP contribution in [0.4, 0.5) is 19.0 Å². The van der Waals surface area contributed by atoms with E-state index in [1.54, 1.807) is 30.6 Å². The van der Waals surface area contributed by atoms with E-state index in [-0.39, 0.29) is 17.8 Å². The first-order valence-corrected chi connectivity index (χ1v) is 12.2. The largest absolute Gasteiger partial charge is 0.368 e. The van der Waals surface area contributed by atoms with Crippen molar-refractivity contribution < 1.29 is 18.0 Å². The van der Waals surface area contributed by atoms with E-state index in [1.165, 1.54) is 22.3 Å². The second-order valence-electron chi connectivity index (χ2n) is 8.99. The molecule has 0 bridgehead atoms. The smallest absolute Gasteiger partial charge is 0.263 e. The first kappa shape index (κ1) is 23.6. The van der Waals surface area contributed by atoms with Crippen molar-refractivity contribution in [3.8, 4) is 10.7 Å². The lowest BCUT2D eigenvalue weighted by atomic mass is 9.66. The number of anilines is 1. The third-order valence-electron chi connectivity index (χ3n) is 6.58. The number of rotatable bonds is 9. The van der Waals surface area contributed by atoms with Gasteiger partial charge in [-0.2, -0.15) is 0 Å². The SMILES string of the molecule is O=CN(Cc1cnc(-c2ccc(NCC3(c4ncccc4F)CCC3)nn2)s1)[C@H]1CC(F)(F)CN1. The third-order valence-corrected chi connectivity index (χ3v) is 7.58. The van der Waals surface area contributed by atoms with Crippen LogP contribution in [-0.2, 0) is 16.8 Å². The van der Waals surface area contributed by atoms with Crippen molar-refractivity contribution in [1.82, 2.24) is 30.4 Å². The standard InChI is InChI=1S/C23H24F3N7OS/c24-16-3-1-8-27-20(16)22(6-2-7-22)12-29-18-5-4-17(31-32-18)21-28-10-15(35-21)11-33(14-34)19-9-23(25,26)13-30-19/h1,3-5,8,10,14,19,30H,2,6-7,9,11-13H2,(H,29,32)/t19-/m0/s1. The summed E-state index contributed by atoms with van der Waals surface area (Å²) >= 11 is 1.32. The van der Waals surface area contributed by atoms with Crippen molar-refractivity contribution in [2.75, 3.05) is 18.4 Å². The lowest BCUT2D eigenvalue weighted by Gasteiger charge is -2.41. The van der Waals surface area contributed by atoms with E-state index in [0.717, 1.165) is 24.1 Å². The highest BCUT2D eigenvalue weighted by Crippen LogP contribution is 2.43. The van der Waals surface area contributed by atoms with Gasteiger partial charge in [-0.05, 0) is 37.1 Å². The van der Waals surface area contributed by atoms with Gasteiger partial charge in [-0.15, -0.1) is 21.5 Å². The highest BCUT2D eigenvalue weighted by Gasteiger charge is 2.42. The Labute approximate surface area is 204 Å². The second kappa shape index (κ2) is 9.50. The Morgan fingerprint density at radius 2 is 2.09 bits per heavy atom. The van der Waals surface area contributed by atoms with Crippen molar-refractivity contribution in [1.29, 1.82) is 0 Å². The van der Waals surface area contributed by atoms with E-state index >= 15 is 0 Å². The van der Waals surface area contributed by atoms with Gasteiger partial charge in [0.15, 0.2) is 0 Å². The van der Waals surface area contributed by atoms with Crippen LogP contribution in [0.2, 0.25) is 0 Å². The van der Waals surface area contributed by atoms with Crippen LogP contribution in [0.3, 0.4) is 0 Å². The number of nitrogens with one attached hydrogen (secondary N) is 2. The average Bonchev–Trinajstić information content (AvgIpc) is 3.44. The van der Waals surface area contributed by atoms with Crippen molar-refractivity contribution >= 4 is 23.6 Å². The summed E-state index contributed by atoms with van der Waals surface area (Å²) < 4.78 is 41.3. The van der Waals surface area contributed by atoms with E-state index in [1.807, 2.05) is 0 Å². The minimum Gasteiger partial charge on any atom is -0.368 e. The molecule has 0 aromatic carbocycles. The number of amides is 1. The molecule has 2 N–H and O–H groups in total. The number of alkyl halides is 2. The Morgan fingerprint density at radius 3 is 2.71 bits per heavy atom. The molecule has 2 aliphatic rings. The maximum absolute atomic E-state index is 14.3. The lowest BCUT2D eigenvalue weighted by Crippen LogP contribution is -2.42. The molecule has 5 rings (SSSR count). The van der Waals surface area contributed by atoms with Gasteiger partial charge in [0, 0.05) is 35.7 Å². The molecule has 1 saturated carbocycles. The van der Waals surface area contributed by atoms with Gasteiger partial charge in [0.05, 0.1) is 24.9 Å². The van der Waals surface area contributed by atoms with E-state index < -0.39 is 25.1 Å². The number of carbonyl (C=O) groups excluding carboxylic acids is 1. The zero-order chi connectivity index (χ0) is 24.5. The summed E-state index contributed by atoms with van der Waals surface area (Å²) in [6.07, 6.45) is 5.41. The molecule has 35 heavy (non-hydrogen) atoms. The third kappa shape index (κ3) is 4.98. The minimum absolute atomic E-state index is 0.175. The molecular formula is C23H24F3N7OS. The van der Waals surface area contributed by atoms with Gasteiger partial charge in [-0.3, -0.25) is 15.1 Å². The van der Waals surface area contributed by atoms with Crippen molar-refractivity contribution in [2.45, 2.75) is 49.7 Å². The molecule has 12 heteroatoms. The van der Waals surface area contributed by atoms with Crippen LogP contribution >= 0.6 is 11.3 Å². The van der Waals surface area contributed by atoms with E-state index in [9.17, 15) is 18.0 Å². The molecule has 0 spiro atoms. The van der Waals surface area contributed by atoms with Crippen molar-refractivity contribution in [3.05, 3.63) is 53.0 Å². The molecule has 4 heterocycles. The fraction of sp³-hybridized carbons (Fsp3) is 0.435. The van der Waals surface area contributed by atoms with Crippen molar-refractivity contribution in [2.24, 2.45) is 0 Å². The van der Waals surface area contributed by atoms with Crippen LogP contribution in [0, 0.1) is 5.82 Å². The molecule has 2 fully saturated rings. The Hall–Kier alpha value is -3.12. The maximum atomic E-state index is 14.3. The number of halogens is 3. The molecule has 1 atom stereocenters. The number of nitrogens with zero attached hydrogens (tertiary/aromatic N) is 5. The van der Waals surface area contributed by atoms with Gasteiger partial charge in [0.25, 0.3) is 5.92 Å². The molecule has 3 aromatic rings. The van der Waals surface area contributed by atoms with Crippen LogP contribution in [0.5, 0.6) is 0 Å². The number of pyridine rings is 1. The normalized spacial score (nSPS) is 20.3. The molecule has 1 amide bonds. The summed E-state index contributed by atoms with van der Waals surface area (Å²) in [6, 6.07) is 6.59. The number of hydrogen-bond acceptors (Lipinski definition) is 8. The van der Waals surface area contributed by atoms with Gasteiger partial charge in [0.1, 0.15) is 22.3 Å². The Bertz CT molecular complexity index is 1190. The quantitative estimate of drug-likeness (QED) is 0.431. The van der Waals surface area contributed by atoms with Gasteiger partial charge >= 0.3 is 0 Å². The van der Waals surface area contributed by atoms with Gasteiger partial charge < -0.3 is 10.2 Å². The Balaban J connectivity index is 1.21. The van der Waals surface area contributed by atoms with Crippen LogP contribution in [-0.4, -0.2) is 56.7 Å². The summed E-state index contributed by atoms with van der Waals surface area (Å²) in [6.45, 7) is 0.240. The molecule has 0 unspecified atom stereocenters. The molecule has 184 valence electrons. The summed E-state index contributed by atoms with van der Waals surface area (Å²) in [5.74, 6) is -2.55. The number of thiazole rings is 1. The highest BCUT2D eigenvalue weighted by atomic mass is 32.1. The summed E-state index contributed by atoms with van der Waals surface area (Å²) in [4.78, 5) is 22.2. The fourth-order valence-electron chi connectivity index (χ4n) is 4.51. The first-order chi connectivity index (χ1) is 16.9. The summed E-state index contributed by atoms with van der Waals surface area (Å²) in [7, 11) is 0. The molecule has 8 nitrogen and oxygen atoms in total. The predicted molar refractivity (Wildman–Crippen MR) is 124 cm³/mol. The monoisotopic (exact) mass is 503 g/mol. The molecule has 1 aliphatic heterocycles. The fourth-order valence-corrected chi connectivity index (χ4v) is 5.39. The number of hydrogen-bond donors (Lipinski definition) is 2. The van der Waals surface area contributed by atoms with Crippen molar-refractivity contribution in [3.63, 3.8) is 0 Å². The van der Waals surface area contributed by atoms with Gasteiger partial charge in [-0.25, -0.2) is 18.2 Å². The van der Waals surface area contributed by atoms with E-state index in [0.29, 0.717) is 35.2 Å². The Morgan fingerprint density at radius 1 is 1.23 bits per heavy atom. The number of aromatic nitrogens is 4. The molecule has 3 aromatic heterocycles. The molecule has 1 aliphatic carbocycles. The lowest BCUT2D eigenvalue weighted by molar-refractivity contribution is -0.121.